The zero-order valence-corrected chi connectivity index (χ0v) is 9.67. The van der Waals surface area contributed by atoms with Crippen molar-refractivity contribution in [1.82, 2.24) is 10.2 Å². The molecule has 0 aromatic heterocycles. The molecule has 0 saturated carbocycles. The van der Waals surface area contributed by atoms with E-state index >= 15 is 0 Å². The number of rotatable bonds is 1. The minimum Gasteiger partial charge on any atom is -0.324 e. The zero-order chi connectivity index (χ0) is 10.7. The molecule has 0 radical (unpaired) electrons. The van der Waals surface area contributed by atoms with Crippen LogP contribution in [0.4, 0.5) is 0 Å². The minimum absolute atomic E-state index is 0.319. The number of hydrogen-bond donors (Lipinski definition) is 1. The molecular formula is C12H22N2O. The summed E-state index contributed by atoms with van der Waals surface area (Å²) in [5, 5.41) is 3.48. The third kappa shape index (κ3) is 2.51. The van der Waals surface area contributed by atoms with Gasteiger partial charge in [-0.3, -0.25) is 10.1 Å². The molecule has 2 rings (SSSR count). The molecule has 0 spiro atoms. The first-order chi connectivity index (χ1) is 7.29. The Morgan fingerprint density at radius 2 is 2.00 bits per heavy atom. The van der Waals surface area contributed by atoms with Gasteiger partial charge in [-0.1, -0.05) is 6.42 Å². The number of likely N-dealkylation sites (tertiary alicyclic amines) is 1. The fourth-order valence-corrected chi connectivity index (χ4v) is 2.78. The van der Waals surface area contributed by atoms with Gasteiger partial charge in [0.15, 0.2) is 0 Å². The van der Waals surface area contributed by atoms with Crippen molar-refractivity contribution in [2.75, 3.05) is 6.54 Å². The van der Waals surface area contributed by atoms with Gasteiger partial charge >= 0.3 is 0 Å². The van der Waals surface area contributed by atoms with Crippen LogP contribution < -0.4 is 5.32 Å². The first-order valence-corrected chi connectivity index (χ1v) is 6.33. The van der Waals surface area contributed by atoms with Crippen molar-refractivity contribution in [3.05, 3.63) is 0 Å². The third-order valence-electron chi connectivity index (χ3n) is 3.65. The third-order valence-corrected chi connectivity index (χ3v) is 3.65. The highest BCUT2D eigenvalue weighted by atomic mass is 16.2. The van der Waals surface area contributed by atoms with Crippen molar-refractivity contribution in [1.29, 1.82) is 0 Å². The number of hydrogen-bond acceptors (Lipinski definition) is 2. The van der Waals surface area contributed by atoms with Gasteiger partial charge in [-0.2, -0.15) is 0 Å². The molecule has 2 saturated heterocycles. The molecule has 1 N–H and O–H groups in total. The summed E-state index contributed by atoms with van der Waals surface area (Å²) in [4.78, 5) is 14.1. The van der Waals surface area contributed by atoms with E-state index < -0.39 is 0 Å². The van der Waals surface area contributed by atoms with Gasteiger partial charge in [0.05, 0.1) is 6.17 Å². The first-order valence-electron chi connectivity index (χ1n) is 6.33. The van der Waals surface area contributed by atoms with Gasteiger partial charge in [0.2, 0.25) is 5.91 Å². The summed E-state index contributed by atoms with van der Waals surface area (Å²) in [6, 6.07) is 0.426. The Hall–Kier alpha value is -0.570. The van der Waals surface area contributed by atoms with Crippen LogP contribution >= 0.6 is 0 Å². The maximum Gasteiger partial charge on any atom is 0.224 e. The molecule has 0 aromatic rings. The monoisotopic (exact) mass is 210 g/mol. The van der Waals surface area contributed by atoms with E-state index in [1.165, 1.54) is 25.7 Å². The van der Waals surface area contributed by atoms with Gasteiger partial charge in [0.1, 0.15) is 0 Å². The number of nitrogens with zero attached hydrogens (tertiary/aromatic N) is 1. The van der Waals surface area contributed by atoms with Gasteiger partial charge < -0.3 is 4.90 Å². The summed E-state index contributed by atoms with van der Waals surface area (Å²) in [6.07, 6.45) is 8.17. The molecule has 2 aliphatic heterocycles. The van der Waals surface area contributed by atoms with Crippen molar-refractivity contribution < 1.29 is 4.79 Å². The maximum atomic E-state index is 12.0. The number of carbonyl (C=O) groups excluding carboxylic acids is 1. The molecule has 15 heavy (non-hydrogen) atoms. The summed E-state index contributed by atoms with van der Waals surface area (Å²) < 4.78 is 0. The maximum absolute atomic E-state index is 12.0. The summed E-state index contributed by atoms with van der Waals surface area (Å²) in [7, 11) is 0. The SMILES string of the molecule is CC1CCCCC(=O)N1C1CCCCN1. The van der Waals surface area contributed by atoms with E-state index in [0.717, 1.165) is 25.8 Å². The second-order valence-electron chi connectivity index (χ2n) is 4.86. The quantitative estimate of drug-likeness (QED) is 0.716. The molecule has 3 nitrogen and oxygen atoms in total. The zero-order valence-electron chi connectivity index (χ0n) is 9.67. The smallest absolute Gasteiger partial charge is 0.224 e. The molecule has 2 fully saturated rings. The fourth-order valence-electron chi connectivity index (χ4n) is 2.78. The Morgan fingerprint density at radius 1 is 1.20 bits per heavy atom. The van der Waals surface area contributed by atoms with Gasteiger partial charge in [-0.25, -0.2) is 0 Å². The number of piperidine rings is 1. The molecule has 86 valence electrons. The van der Waals surface area contributed by atoms with Crippen LogP contribution in [0, 0.1) is 0 Å². The number of carbonyl (C=O) groups is 1. The molecule has 2 heterocycles. The van der Waals surface area contributed by atoms with Crippen molar-refractivity contribution in [3.8, 4) is 0 Å². The Labute approximate surface area is 92.2 Å². The lowest BCUT2D eigenvalue weighted by Gasteiger charge is -2.38. The van der Waals surface area contributed by atoms with Gasteiger partial charge in [-0.15, -0.1) is 0 Å². The topological polar surface area (TPSA) is 32.3 Å². The normalized spacial score (nSPS) is 33.9. The summed E-state index contributed by atoms with van der Waals surface area (Å²) in [6.45, 7) is 3.26. The summed E-state index contributed by atoms with van der Waals surface area (Å²) >= 11 is 0. The molecule has 0 aromatic carbocycles. The van der Waals surface area contributed by atoms with E-state index in [0.29, 0.717) is 18.1 Å². The van der Waals surface area contributed by atoms with E-state index in [-0.39, 0.29) is 0 Å². The highest BCUT2D eigenvalue weighted by molar-refractivity contribution is 5.77. The predicted octanol–water partition coefficient (Wildman–Crippen LogP) is 1.88. The average Bonchev–Trinajstić information content (AvgIpc) is 2.41. The van der Waals surface area contributed by atoms with Crippen LogP contribution in [0.5, 0.6) is 0 Å². The second kappa shape index (κ2) is 4.97. The van der Waals surface area contributed by atoms with Crippen LogP contribution in [0.3, 0.4) is 0 Å². The van der Waals surface area contributed by atoms with Crippen LogP contribution in [0.15, 0.2) is 0 Å². The Morgan fingerprint density at radius 3 is 2.73 bits per heavy atom. The second-order valence-corrected chi connectivity index (χ2v) is 4.86. The van der Waals surface area contributed by atoms with Crippen molar-refractivity contribution in [2.45, 2.75) is 64.1 Å². The minimum atomic E-state index is 0.319. The molecule has 1 amide bonds. The number of nitrogens with one attached hydrogen (secondary N) is 1. The Kier molecular flexibility index (Phi) is 3.62. The largest absolute Gasteiger partial charge is 0.324 e. The van der Waals surface area contributed by atoms with Crippen molar-refractivity contribution in [2.24, 2.45) is 0 Å². The molecule has 2 atom stereocenters. The van der Waals surface area contributed by atoms with E-state index in [1.54, 1.807) is 0 Å². The first kappa shape index (κ1) is 10.9. The van der Waals surface area contributed by atoms with E-state index in [4.69, 9.17) is 0 Å². The van der Waals surface area contributed by atoms with Crippen molar-refractivity contribution >= 4 is 5.91 Å². The van der Waals surface area contributed by atoms with Gasteiger partial charge in [-0.05, 0) is 45.6 Å². The molecule has 0 bridgehead atoms. The Bertz CT molecular complexity index is 224. The lowest BCUT2D eigenvalue weighted by molar-refractivity contribution is -0.136. The van der Waals surface area contributed by atoms with Gasteiger partial charge in [0.25, 0.3) is 0 Å². The summed E-state index contributed by atoms with van der Waals surface area (Å²) in [5.41, 5.74) is 0. The van der Waals surface area contributed by atoms with Crippen LogP contribution in [0.2, 0.25) is 0 Å². The fraction of sp³-hybridized carbons (Fsp3) is 0.917. The molecule has 2 unspecified atom stereocenters. The summed E-state index contributed by atoms with van der Waals surface area (Å²) in [5.74, 6) is 0.361. The standard InChI is InChI=1S/C12H22N2O/c1-10-6-2-3-8-12(15)14(10)11-7-4-5-9-13-11/h10-11,13H,2-9H2,1H3. The number of amides is 1. The van der Waals surface area contributed by atoms with E-state index in [9.17, 15) is 4.79 Å². The van der Waals surface area contributed by atoms with Crippen LogP contribution in [-0.2, 0) is 4.79 Å². The highest BCUT2D eigenvalue weighted by Crippen LogP contribution is 2.22. The van der Waals surface area contributed by atoms with E-state index in [1.807, 2.05) is 0 Å². The predicted molar refractivity (Wildman–Crippen MR) is 60.4 cm³/mol. The van der Waals surface area contributed by atoms with Crippen LogP contribution in [0.1, 0.15) is 51.9 Å². The van der Waals surface area contributed by atoms with Crippen LogP contribution in [0.25, 0.3) is 0 Å². The average molecular weight is 210 g/mol. The lowest BCUT2D eigenvalue weighted by atomic mass is 10.1. The molecule has 0 aliphatic carbocycles. The van der Waals surface area contributed by atoms with Gasteiger partial charge in [0, 0.05) is 12.5 Å². The highest BCUT2D eigenvalue weighted by Gasteiger charge is 2.30. The van der Waals surface area contributed by atoms with Crippen LogP contribution in [-0.4, -0.2) is 29.6 Å². The van der Waals surface area contributed by atoms with E-state index in [2.05, 4.69) is 17.1 Å². The lowest BCUT2D eigenvalue weighted by Crippen LogP contribution is -2.53. The molecule has 3 heteroatoms. The molecular weight excluding hydrogens is 188 g/mol. The molecule has 2 aliphatic rings. The Balaban J connectivity index is 2.04. The van der Waals surface area contributed by atoms with Crippen molar-refractivity contribution in [3.63, 3.8) is 0 Å².